The van der Waals surface area contributed by atoms with Crippen LogP contribution in [0.1, 0.15) is 29.0 Å². The number of amides is 1. The average molecular weight is 509 g/mol. The summed E-state index contributed by atoms with van der Waals surface area (Å²) in [7, 11) is 5.04. The maximum atomic E-state index is 13.5. The third-order valence-electron chi connectivity index (χ3n) is 6.91. The second-order valence-corrected chi connectivity index (χ2v) is 9.76. The van der Waals surface area contributed by atoms with Gasteiger partial charge in [-0.1, -0.05) is 58.4 Å². The van der Waals surface area contributed by atoms with Gasteiger partial charge < -0.3 is 19.5 Å². The van der Waals surface area contributed by atoms with Crippen molar-refractivity contribution >= 4 is 21.8 Å². The van der Waals surface area contributed by atoms with Crippen molar-refractivity contribution < 1.29 is 19.4 Å². The first kappa shape index (κ1) is 21.9. The highest BCUT2D eigenvalue weighted by molar-refractivity contribution is 9.10. The van der Waals surface area contributed by atoms with E-state index < -0.39 is 23.0 Å². The van der Waals surface area contributed by atoms with E-state index in [1.165, 1.54) is 0 Å². The number of fused-ring (bicyclic) bond motifs is 3. The highest BCUT2D eigenvalue weighted by atomic mass is 79.9. The lowest BCUT2D eigenvalue weighted by Gasteiger charge is -2.40. The predicted molar refractivity (Wildman–Crippen MR) is 127 cm³/mol. The van der Waals surface area contributed by atoms with E-state index in [0.29, 0.717) is 17.3 Å². The number of hydrogen-bond donors (Lipinski definition) is 1. The molecule has 1 amide bonds. The number of halogens is 1. The molecular formula is C26H25BrN2O4. The number of methoxy groups -OCH3 is 1. The molecular weight excluding hydrogens is 484 g/mol. The molecule has 4 atom stereocenters. The fourth-order valence-electron chi connectivity index (χ4n) is 5.53. The van der Waals surface area contributed by atoms with Crippen LogP contribution in [0.4, 0.5) is 0 Å². The van der Waals surface area contributed by atoms with Crippen molar-refractivity contribution in [2.24, 2.45) is 5.92 Å². The lowest BCUT2D eigenvalue weighted by molar-refractivity contribution is -0.134. The van der Waals surface area contributed by atoms with Crippen LogP contribution >= 0.6 is 15.9 Å². The van der Waals surface area contributed by atoms with E-state index in [1.54, 1.807) is 38.2 Å². The first-order chi connectivity index (χ1) is 15.8. The molecule has 0 radical (unpaired) electrons. The minimum Gasteiger partial charge on any atom is -0.481 e. The molecule has 0 spiro atoms. The van der Waals surface area contributed by atoms with Crippen LogP contribution in [0, 0.1) is 5.92 Å². The van der Waals surface area contributed by atoms with Gasteiger partial charge in [0.1, 0.15) is 5.60 Å². The van der Waals surface area contributed by atoms with E-state index in [4.69, 9.17) is 9.47 Å². The quantitative estimate of drug-likeness (QED) is 0.571. The van der Waals surface area contributed by atoms with E-state index in [9.17, 15) is 9.90 Å². The summed E-state index contributed by atoms with van der Waals surface area (Å²) in [4.78, 5) is 19.6. The van der Waals surface area contributed by atoms with Gasteiger partial charge in [0.05, 0.1) is 18.6 Å². The van der Waals surface area contributed by atoms with E-state index in [-0.39, 0.29) is 12.3 Å². The molecule has 1 saturated carbocycles. The fourth-order valence-corrected chi connectivity index (χ4v) is 5.80. The van der Waals surface area contributed by atoms with Crippen LogP contribution in [0.25, 0.3) is 0 Å². The molecule has 0 bridgehead atoms. The van der Waals surface area contributed by atoms with Crippen molar-refractivity contribution in [2.75, 3.05) is 21.2 Å². The molecule has 170 valence electrons. The number of carbonyl (C=O) groups is 1. The number of nitrogens with zero attached hydrogens (tertiary/aromatic N) is 2. The molecule has 3 unspecified atom stereocenters. The van der Waals surface area contributed by atoms with Gasteiger partial charge in [-0.2, -0.15) is 4.98 Å². The summed E-state index contributed by atoms with van der Waals surface area (Å²) in [5.41, 5.74) is -0.426. The smallest absolute Gasteiger partial charge is 0.226 e. The Kier molecular flexibility index (Phi) is 5.21. The van der Waals surface area contributed by atoms with Gasteiger partial charge in [0, 0.05) is 30.6 Å². The molecule has 1 aromatic heterocycles. The van der Waals surface area contributed by atoms with Crippen LogP contribution in [0.5, 0.6) is 11.8 Å². The van der Waals surface area contributed by atoms with Crippen molar-refractivity contribution in [1.82, 2.24) is 9.88 Å². The zero-order chi connectivity index (χ0) is 23.4. The molecule has 1 aliphatic heterocycles. The second kappa shape index (κ2) is 7.85. The number of aliphatic hydroxyl groups is 1. The third-order valence-corrected chi connectivity index (χ3v) is 7.44. The monoisotopic (exact) mass is 508 g/mol. The van der Waals surface area contributed by atoms with Gasteiger partial charge in [-0.15, -0.1) is 0 Å². The van der Waals surface area contributed by atoms with Crippen molar-refractivity contribution in [3.63, 3.8) is 0 Å². The molecule has 1 fully saturated rings. The summed E-state index contributed by atoms with van der Waals surface area (Å²) in [5.74, 6) is -0.252. The molecule has 0 saturated heterocycles. The maximum absolute atomic E-state index is 13.5. The fraction of sp³-hybridized carbons (Fsp3) is 0.308. The molecule has 3 aromatic rings. The van der Waals surface area contributed by atoms with E-state index in [2.05, 4.69) is 20.9 Å². The normalized spacial score (nSPS) is 27.4. The highest BCUT2D eigenvalue weighted by Gasteiger charge is 2.73. The van der Waals surface area contributed by atoms with E-state index in [0.717, 1.165) is 15.6 Å². The zero-order valence-electron chi connectivity index (χ0n) is 18.7. The Balaban J connectivity index is 1.81. The maximum Gasteiger partial charge on any atom is 0.226 e. The summed E-state index contributed by atoms with van der Waals surface area (Å²) >= 11 is 3.51. The number of benzene rings is 2. The Morgan fingerprint density at radius 2 is 1.82 bits per heavy atom. The Labute approximate surface area is 201 Å². The van der Waals surface area contributed by atoms with Crippen LogP contribution in [-0.4, -0.2) is 42.1 Å². The number of ether oxygens (including phenoxy) is 2. The number of rotatable bonds is 4. The Bertz CT molecular complexity index is 1200. The summed E-state index contributed by atoms with van der Waals surface area (Å²) in [5, 5.41) is 12.5. The average Bonchev–Trinajstić information content (AvgIpc) is 3.23. The Morgan fingerprint density at radius 3 is 2.45 bits per heavy atom. The minimum atomic E-state index is -1.47. The van der Waals surface area contributed by atoms with Crippen LogP contribution in [0.15, 0.2) is 71.2 Å². The van der Waals surface area contributed by atoms with Crippen LogP contribution in [-0.2, 0) is 16.0 Å². The standard InChI is InChI=1S/C26H25BrN2O4/c1-29(2)24(30)19-15-25(31)20-13-14-21(32-3)28-23(20)33-26(25,17-9-11-18(27)12-10-17)22(19)16-7-5-4-6-8-16/h4-14,19,22,31H,15H2,1-3H3/t19-,22?,25?,26?/m0/s1. The van der Waals surface area contributed by atoms with Gasteiger partial charge in [0.2, 0.25) is 17.7 Å². The number of aromatic nitrogens is 1. The van der Waals surface area contributed by atoms with E-state index >= 15 is 0 Å². The molecule has 33 heavy (non-hydrogen) atoms. The summed E-state index contributed by atoms with van der Waals surface area (Å²) in [6.07, 6.45) is 0.209. The highest BCUT2D eigenvalue weighted by Crippen LogP contribution is 2.68. The summed E-state index contributed by atoms with van der Waals surface area (Å²) in [6.45, 7) is 0. The van der Waals surface area contributed by atoms with Gasteiger partial charge in [0.15, 0.2) is 5.60 Å². The lowest BCUT2D eigenvalue weighted by Crippen LogP contribution is -2.48. The minimum absolute atomic E-state index is 0.0465. The van der Waals surface area contributed by atoms with Crippen LogP contribution in [0.2, 0.25) is 0 Å². The molecule has 1 N–H and O–H groups in total. The number of carbonyl (C=O) groups excluding carboxylic acids is 1. The molecule has 7 heteroatoms. The third kappa shape index (κ3) is 3.09. The number of hydrogen-bond acceptors (Lipinski definition) is 5. The first-order valence-electron chi connectivity index (χ1n) is 10.8. The molecule has 2 aromatic carbocycles. The van der Waals surface area contributed by atoms with Crippen molar-refractivity contribution in [2.45, 2.75) is 23.5 Å². The number of pyridine rings is 1. The Morgan fingerprint density at radius 1 is 1.12 bits per heavy atom. The SMILES string of the molecule is COc1ccc2c(n1)OC1(c3ccc(Br)cc3)C(c3ccccc3)[C@@H](C(=O)N(C)C)CC21O. The topological polar surface area (TPSA) is 71.9 Å². The van der Waals surface area contributed by atoms with Gasteiger partial charge in [-0.05, 0) is 35.7 Å². The second-order valence-electron chi connectivity index (χ2n) is 8.84. The zero-order valence-corrected chi connectivity index (χ0v) is 20.2. The van der Waals surface area contributed by atoms with Crippen LogP contribution in [0.3, 0.4) is 0 Å². The molecule has 2 aliphatic rings. The van der Waals surface area contributed by atoms with Gasteiger partial charge >= 0.3 is 0 Å². The lowest BCUT2D eigenvalue weighted by atomic mass is 9.71. The van der Waals surface area contributed by atoms with Crippen LogP contribution < -0.4 is 9.47 Å². The first-order valence-corrected chi connectivity index (χ1v) is 11.6. The predicted octanol–water partition coefficient (Wildman–Crippen LogP) is 4.22. The molecule has 5 rings (SSSR count). The van der Waals surface area contributed by atoms with Crippen molar-refractivity contribution in [3.8, 4) is 11.8 Å². The summed E-state index contributed by atoms with van der Waals surface area (Å²) in [6, 6.07) is 21.1. The molecule has 2 heterocycles. The van der Waals surface area contributed by atoms with Gasteiger partial charge in [-0.25, -0.2) is 0 Å². The van der Waals surface area contributed by atoms with Crippen molar-refractivity contribution in [3.05, 3.63) is 87.9 Å². The largest absolute Gasteiger partial charge is 0.481 e. The molecule has 1 aliphatic carbocycles. The van der Waals surface area contributed by atoms with Gasteiger partial charge in [0.25, 0.3) is 0 Å². The van der Waals surface area contributed by atoms with Crippen molar-refractivity contribution in [1.29, 1.82) is 0 Å². The van der Waals surface area contributed by atoms with E-state index in [1.807, 2.05) is 54.6 Å². The molecule has 6 nitrogen and oxygen atoms in total. The Hall–Kier alpha value is -2.90. The van der Waals surface area contributed by atoms with Gasteiger partial charge in [-0.3, -0.25) is 4.79 Å². The summed E-state index contributed by atoms with van der Waals surface area (Å²) < 4.78 is 12.9.